The molecule has 1 aromatic heterocycles. The monoisotopic (exact) mass is 232 g/mol. The third-order valence-electron chi connectivity index (χ3n) is 4.14. The average Bonchev–Trinajstić information content (AvgIpc) is 2.86. The van der Waals surface area contributed by atoms with E-state index >= 15 is 0 Å². The van der Waals surface area contributed by atoms with Crippen molar-refractivity contribution in [3.63, 3.8) is 0 Å². The number of hydrogen-bond acceptors (Lipinski definition) is 2. The SMILES string of the molecule is CCC1CCN(c2cc(C(C)CC)ccn2)C1. The molecule has 1 aliphatic heterocycles. The molecule has 2 unspecified atom stereocenters. The quantitative estimate of drug-likeness (QED) is 0.784. The van der Waals surface area contributed by atoms with Gasteiger partial charge in [0.2, 0.25) is 0 Å². The first-order valence-corrected chi connectivity index (χ1v) is 6.95. The maximum Gasteiger partial charge on any atom is 0.128 e. The predicted octanol–water partition coefficient (Wildman–Crippen LogP) is 3.83. The van der Waals surface area contributed by atoms with E-state index in [1.165, 1.54) is 43.7 Å². The summed E-state index contributed by atoms with van der Waals surface area (Å²) in [6.45, 7) is 9.19. The minimum atomic E-state index is 0.640. The fourth-order valence-corrected chi connectivity index (χ4v) is 2.52. The molecule has 0 aromatic carbocycles. The summed E-state index contributed by atoms with van der Waals surface area (Å²) in [5.41, 5.74) is 1.43. The third-order valence-corrected chi connectivity index (χ3v) is 4.14. The molecule has 0 bridgehead atoms. The summed E-state index contributed by atoms with van der Waals surface area (Å²) in [4.78, 5) is 6.98. The highest BCUT2D eigenvalue weighted by Gasteiger charge is 2.22. The molecule has 0 radical (unpaired) electrons. The van der Waals surface area contributed by atoms with Gasteiger partial charge in [-0.25, -0.2) is 4.98 Å². The molecular weight excluding hydrogens is 208 g/mol. The van der Waals surface area contributed by atoms with Crippen molar-refractivity contribution in [2.24, 2.45) is 5.92 Å². The Kier molecular flexibility index (Phi) is 4.03. The zero-order chi connectivity index (χ0) is 12.3. The van der Waals surface area contributed by atoms with Crippen molar-refractivity contribution in [1.82, 2.24) is 4.98 Å². The van der Waals surface area contributed by atoms with Crippen molar-refractivity contribution in [3.8, 4) is 0 Å². The normalized spacial score (nSPS) is 21.8. The van der Waals surface area contributed by atoms with E-state index in [0.717, 1.165) is 5.92 Å². The molecule has 2 atom stereocenters. The minimum Gasteiger partial charge on any atom is -0.356 e. The molecule has 2 heterocycles. The molecule has 2 heteroatoms. The van der Waals surface area contributed by atoms with Crippen LogP contribution in [-0.2, 0) is 0 Å². The van der Waals surface area contributed by atoms with Crippen LogP contribution in [-0.4, -0.2) is 18.1 Å². The van der Waals surface area contributed by atoms with E-state index in [4.69, 9.17) is 0 Å². The maximum absolute atomic E-state index is 4.53. The average molecular weight is 232 g/mol. The van der Waals surface area contributed by atoms with Gasteiger partial charge in [0.05, 0.1) is 0 Å². The van der Waals surface area contributed by atoms with Gasteiger partial charge in [0.15, 0.2) is 0 Å². The second-order valence-corrected chi connectivity index (χ2v) is 5.27. The van der Waals surface area contributed by atoms with Crippen LogP contribution >= 0.6 is 0 Å². The molecule has 94 valence electrons. The number of rotatable bonds is 4. The van der Waals surface area contributed by atoms with E-state index < -0.39 is 0 Å². The summed E-state index contributed by atoms with van der Waals surface area (Å²) in [6, 6.07) is 4.44. The molecule has 0 aliphatic carbocycles. The van der Waals surface area contributed by atoms with Crippen LogP contribution in [0.25, 0.3) is 0 Å². The smallest absolute Gasteiger partial charge is 0.128 e. The Balaban J connectivity index is 2.11. The summed E-state index contributed by atoms with van der Waals surface area (Å²) in [5, 5.41) is 0. The zero-order valence-electron chi connectivity index (χ0n) is 11.3. The first-order valence-electron chi connectivity index (χ1n) is 6.95. The second-order valence-electron chi connectivity index (χ2n) is 5.27. The molecule has 1 aliphatic rings. The molecule has 0 saturated carbocycles. The summed E-state index contributed by atoms with van der Waals surface area (Å²) in [7, 11) is 0. The Hall–Kier alpha value is -1.05. The van der Waals surface area contributed by atoms with Crippen LogP contribution in [0.2, 0.25) is 0 Å². The van der Waals surface area contributed by atoms with Gasteiger partial charge >= 0.3 is 0 Å². The highest BCUT2D eigenvalue weighted by Crippen LogP contribution is 2.27. The lowest BCUT2D eigenvalue weighted by Gasteiger charge is -2.19. The van der Waals surface area contributed by atoms with E-state index in [1.54, 1.807) is 0 Å². The summed E-state index contributed by atoms with van der Waals surface area (Å²) < 4.78 is 0. The molecule has 1 fully saturated rings. The van der Waals surface area contributed by atoms with Crippen LogP contribution in [0, 0.1) is 5.92 Å². The fourth-order valence-electron chi connectivity index (χ4n) is 2.52. The van der Waals surface area contributed by atoms with Gasteiger partial charge in [-0.2, -0.15) is 0 Å². The van der Waals surface area contributed by atoms with Crippen LogP contribution in [0.4, 0.5) is 5.82 Å². The van der Waals surface area contributed by atoms with E-state index in [2.05, 4.69) is 42.8 Å². The van der Waals surface area contributed by atoms with Gasteiger partial charge in [-0.3, -0.25) is 0 Å². The predicted molar refractivity (Wildman–Crippen MR) is 73.6 cm³/mol. The summed E-state index contributed by atoms with van der Waals surface area (Å²) >= 11 is 0. The molecule has 0 amide bonds. The van der Waals surface area contributed by atoms with Gasteiger partial charge in [-0.1, -0.05) is 27.2 Å². The van der Waals surface area contributed by atoms with Crippen LogP contribution in [0.1, 0.15) is 51.5 Å². The molecule has 1 saturated heterocycles. The highest BCUT2D eigenvalue weighted by molar-refractivity contribution is 5.43. The first-order chi connectivity index (χ1) is 8.24. The van der Waals surface area contributed by atoms with Gasteiger partial charge < -0.3 is 4.90 Å². The Labute approximate surface area is 105 Å². The molecule has 17 heavy (non-hydrogen) atoms. The van der Waals surface area contributed by atoms with Gasteiger partial charge in [0.25, 0.3) is 0 Å². The van der Waals surface area contributed by atoms with Crippen molar-refractivity contribution in [2.45, 2.75) is 46.0 Å². The van der Waals surface area contributed by atoms with Gasteiger partial charge in [0.1, 0.15) is 5.82 Å². The number of aromatic nitrogens is 1. The Morgan fingerprint density at radius 3 is 2.94 bits per heavy atom. The van der Waals surface area contributed by atoms with E-state index in [0.29, 0.717) is 5.92 Å². The van der Waals surface area contributed by atoms with Crippen molar-refractivity contribution in [1.29, 1.82) is 0 Å². The highest BCUT2D eigenvalue weighted by atomic mass is 15.2. The fraction of sp³-hybridized carbons (Fsp3) is 0.667. The maximum atomic E-state index is 4.53. The lowest BCUT2D eigenvalue weighted by molar-refractivity contribution is 0.568. The van der Waals surface area contributed by atoms with E-state index in [1.807, 2.05) is 6.20 Å². The van der Waals surface area contributed by atoms with Crippen molar-refractivity contribution < 1.29 is 0 Å². The summed E-state index contributed by atoms with van der Waals surface area (Å²) in [5.74, 6) is 2.68. The zero-order valence-corrected chi connectivity index (χ0v) is 11.3. The molecule has 0 N–H and O–H groups in total. The molecular formula is C15H24N2. The topological polar surface area (TPSA) is 16.1 Å². The largest absolute Gasteiger partial charge is 0.356 e. The lowest BCUT2D eigenvalue weighted by Crippen LogP contribution is -2.20. The van der Waals surface area contributed by atoms with E-state index in [-0.39, 0.29) is 0 Å². The van der Waals surface area contributed by atoms with Gasteiger partial charge in [-0.15, -0.1) is 0 Å². The Bertz CT molecular complexity index is 362. The number of pyridine rings is 1. The van der Waals surface area contributed by atoms with Crippen molar-refractivity contribution in [2.75, 3.05) is 18.0 Å². The standard InChI is InChI=1S/C15H24N2/c1-4-12(3)14-6-8-16-15(10-14)17-9-7-13(5-2)11-17/h6,8,10,12-13H,4-5,7,9,11H2,1-3H3. The van der Waals surface area contributed by atoms with Gasteiger partial charge in [-0.05, 0) is 42.4 Å². The summed E-state index contributed by atoms with van der Waals surface area (Å²) in [6.07, 6.45) is 5.78. The van der Waals surface area contributed by atoms with Crippen LogP contribution in [0.3, 0.4) is 0 Å². The van der Waals surface area contributed by atoms with Gasteiger partial charge in [0, 0.05) is 19.3 Å². The number of nitrogens with zero attached hydrogens (tertiary/aromatic N) is 2. The lowest BCUT2D eigenvalue weighted by atomic mass is 10.00. The molecule has 2 rings (SSSR count). The number of anilines is 1. The van der Waals surface area contributed by atoms with Crippen molar-refractivity contribution in [3.05, 3.63) is 23.9 Å². The minimum absolute atomic E-state index is 0.640. The Morgan fingerprint density at radius 1 is 1.47 bits per heavy atom. The van der Waals surface area contributed by atoms with Crippen molar-refractivity contribution >= 4 is 5.82 Å². The van der Waals surface area contributed by atoms with E-state index in [9.17, 15) is 0 Å². The Morgan fingerprint density at radius 2 is 2.29 bits per heavy atom. The molecule has 1 aromatic rings. The van der Waals surface area contributed by atoms with Crippen LogP contribution < -0.4 is 4.90 Å². The third kappa shape index (κ3) is 2.80. The van der Waals surface area contributed by atoms with Crippen LogP contribution in [0.5, 0.6) is 0 Å². The molecule has 0 spiro atoms. The second kappa shape index (κ2) is 5.52. The number of hydrogen-bond donors (Lipinski definition) is 0. The first kappa shape index (κ1) is 12.4. The molecule has 2 nitrogen and oxygen atoms in total. The van der Waals surface area contributed by atoms with Crippen LogP contribution in [0.15, 0.2) is 18.3 Å².